The van der Waals surface area contributed by atoms with E-state index >= 15 is 0 Å². The molecule has 1 saturated heterocycles. The van der Waals surface area contributed by atoms with Crippen LogP contribution in [0.5, 0.6) is 0 Å². The van der Waals surface area contributed by atoms with Crippen LogP contribution in [-0.2, 0) is 17.5 Å². The molecule has 0 saturated carbocycles. The van der Waals surface area contributed by atoms with Crippen LogP contribution in [-0.4, -0.2) is 40.7 Å². The zero-order valence-electron chi connectivity index (χ0n) is 17.5. The molecule has 2 aromatic heterocycles. The van der Waals surface area contributed by atoms with Gasteiger partial charge >= 0.3 is 6.18 Å². The molecule has 9 heteroatoms. The molecule has 3 heterocycles. The van der Waals surface area contributed by atoms with Crippen molar-refractivity contribution in [1.29, 1.82) is 0 Å². The van der Waals surface area contributed by atoms with E-state index in [-0.39, 0.29) is 12.1 Å². The molecule has 1 aliphatic rings. The maximum absolute atomic E-state index is 13.3. The Labute approximate surface area is 182 Å². The van der Waals surface area contributed by atoms with E-state index in [1.165, 1.54) is 13.0 Å². The van der Waals surface area contributed by atoms with Crippen molar-refractivity contribution < 1.29 is 17.9 Å². The Hall–Kier alpha value is -3.33. The van der Waals surface area contributed by atoms with Gasteiger partial charge in [-0.05, 0) is 42.3 Å². The second-order valence-electron chi connectivity index (χ2n) is 7.80. The molecule has 0 spiro atoms. The van der Waals surface area contributed by atoms with Crippen molar-refractivity contribution in [3.8, 4) is 0 Å². The molecular formula is C23H22F3N5O. The number of anilines is 2. The summed E-state index contributed by atoms with van der Waals surface area (Å²) in [7, 11) is 0. The number of fused-ring (bicyclic) bond motifs is 3. The van der Waals surface area contributed by atoms with Crippen LogP contribution in [0, 0.1) is 6.92 Å². The molecule has 0 bridgehead atoms. The molecule has 0 aliphatic carbocycles. The molecular weight excluding hydrogens is 419 g/mol. The summed E-state index contributed by atoms with van der Waals surface area (Å²) in [5.74, 6) is 1.12. The van der Waals surface area contributed by atoms with Gasteiger partial charge in [-0.2, -0.15) is 18.2 Å². The highest BCUT2D eigenvalue weighted by atomic mass is 19.4. The van der Waals surface area contributed by atoms with Gasteiger partial charge in [-0.3, -0.25) is 4.40 Å². The lowest BCUT2D eigenvalue weighted by Crippen LogP contribution is -2.36. The molecule has 4 aromatic rings. The summed E-state index contributed by atoms with van der Waals surface area (Å²) in [5.41, 5.74) is 2.15. The van der Waals surface area contributed by atoms with E-state index in [0.717, 1.165) is 35.7 Å². The summed E-state index contributed by atoms with van der Waals surface area (Å²) < 4.78 is 47.3. The van der Waals surface area contributed by atoms with Crippen molar-refractivity contribution in [2.24, 2.45) is 0 Å². The number of morpholine rings is 1. The van der Waals surface area contributed by atoms with Crippen molar-refractivity contribution in [2.45, 2.75) is 19.6 Å². The van der Waals surface area contributed by atoms with Gasteiger partial charge in [0.15, 0.2) is 0 Å². The third kappa shape index (κ3) is 3.73. The molecule has 166 valence electrons. The number of alkyl halides is 3. The van der Waals surface area contributed by atoms with Crippen LogP contribution in [0.4, 0.5) is 24.7 Å². The normalized spacial score (nSPS) is 14.9. The maximum Gasteiger partial charge on any atom is 0.416 e. The van der Waals surface area contributed by atoms with Crippen LogP contribution >= 0.6 is 0 Å². The van der Waals surface area contributed by atoms with Crippen LogP contribution in [0.2, 0.25) is 0 Å². The first kappa shape index (κ1) is 20.6. The topological polar surface area (TPSA) is 54.7 Å². The number of hydrogen-bond acceptors (Lipinski definition) is 5. The van der Waals surface area contributed by atoms with E-state index in [1.807, 2.05) is 16.7 Å². The maximum atomic E-state index is 13.3. The number of halogens is 3. The van der Waals surface area contributed by atoms with Crippen molar-refractivity contribution in [3.63, 3.8) is 0 Å². The van der Waals surface area contributed by atoms with Gasteiger partial charge in [-0.1, -0.05) is 12.1 Å². The van der Waals surface area contributed by atoms with Gasteiger partial charge in [0, 0.05) is 43.1 Å². The first-order chi connectivity index (χ1) is 15.4. The Kier molecular flexibility index (Phi) is 5.13. The molecule has 32 heavy (non-hydrogen) atoms. The van der Waals surface area contributed by atoms with Crippen molar-refractivity contribution in [2.75, 3.05) is 36.5 Å². The Bertz CT molecular complexity index is 1280. The molecule has 0 amide bonds. The van der Waals surface area contributed by atoms with Gasteiger partial charge in [0.1, 0.15) is 5.82 Å². The fourth-order valence-electron chi connectivity index (χ4n) is 4.16. The Morgan fingerprint density at radius 1 is 1.12 bits per heavy atom. The van der Waals surface area contributed by atoms with Gasteiger partial charge < -0.3 is 15.0 Å². The standard InChI is InChI=1S/C23H22F3N5O/c1-15-16(3-2-4-19(15)23(24,25)26)14-28-21-18-13-17(30-9-11-32-12-10-30)5-6-20(18)31-8-7-27-22(31)29-21/h2-8,13H,9-12,14H2,1H3,(H,27,28,29). The van der Waals surface area contributed by atoms with E-state index in [2.05, 4.69) is 32.3 Å². The van der Waals surface area contributed by atoms with Crippen LogP contribution < -0.4 is 10.2 Å². The minimum atomic E-state index is -4.38. The highest BCUT2D eigenvalue weighted by Gasteiger charge is 2.32. The molecule has 5 rings (SSSR count). The number of hydrogen-bond donors (Lipinski definition) is 1. The molecule has 0 atom stereocenters. The summed E-state index contributed by atoms with van der Waals surface area (Å²) in [6.45, 7) is 4.68. The fourth-order valence-corrected chi connectivity index (χ4v) is 4.16. The summed E-state index contributed by atoms with van der Waals surface area (Å²) in [4.78, 5) is 11.2. The minimum Gasteiger partial charge on any atom is -0.378 e. The molecule has 1 N–H and O–H groups in total. The number of imidazole rings is 1. The Morgan fingerprint density at radius 2 is 1.94 bits per heavy atom. The minimum absolute atomic E-state index is 0.215. The van der Waals surface area contributed by atoms with E-state index in [1.54, 1.807) is 12.3 Å². The van der Waals surface area contributed by atoms with E-state index in [9.17, 15) is 13.2 Å². The average molecular weight is 441 g/mol. The van der Waals surface area contributed by atoms with Crippen molar-refractivity contribution in [3.05, 3.63) is 65.5 Å². The van der Waals surface area contributed by atoms with Crippen molar-refractivity contribution >= 4 is 28.2 Å². The smallest absolute Gasteiger partial charge is 0.378 e. The largest absolute Gasteiger partial charge is 0.416 e. The summed E-state index contributed by atoms with van der Waals surface area (Å²) in [6.07, 6.45) is -0.856. The lowest BCUT2D eigenvalue weighted by Gasteiger charge is -2.29. The highest BCUT2D eigenvalue weighted by molar-refractivity contribution is 5.93. The van der Waals surface area contributed by atoms with E-state index in [4.69, 9.17) is 4.74 Å². The number of nitrogens with one attached hydrogen (secondary N) is 1. The molecule has 1 aliphatic heterocycles. The number of aromatic nitrogens is 3. The van der Waals surface area contributed by atoms with Gasteiger partial charge in [-0.15, -0.1) is 0 Å². The lowest BCUT2D eigenvalue weighted by molar-refractivity contribution is -0.138. The molecule has 2 aromatic carbocycles. The highest BCUT2D eigenvalue weighted by Crippen LogP contribution is 2.33. The molecule has 6 nitrogen and oxygen atoms in total. The molecule has 0 unspecified atom stereocenters. The predicted molar refractivity (Wildman–Crippen MR) is 117 cm³/mol. The third-order valence-corrected chi connectivity index (χ3v) is 5.90. The van der Waals surface area contributed by atoms with Crippen LogP contribution in [0.1, 0.15) is 16.7 Å². The Balaban J connectivity index is 1.54. The Morgan fingerprint density at radius 3 is 2.72 bits per heavy atom. The summed E-state index contributed by atoms with van der Waals surface area (Å²) in [6, 6.07) is 10.4. The number of ether oxygens (including phenoxy) is 1. The monoisotopic (exact) mass is 441 g/mol. The first-order valence-electron chi connectivity index (χ1n) is 10.4. The second-order valence-corrected chi connectivity index (χ2v) is 7.80. The number of nitrogens with zero attached hydrogens (tertiary/aromatic N) is 4. The zero-order chi connectivity index (χ0) is 22.3. The third-order valence-electron chi connectivity index (χ3n) is 5.90. The van der Waals surface area contributed by atoms with Gasteiger partial charge in [0.2, 0.25) is 5.78 Å². The second kappa shape index (κ2) is 7.98. The molecule has 0 radical (unpaired) electrons. The van der Waals surface area contributed by atoms with Crippen LogP contribution in [0.25, 0.3) is 16.7 Å². The zero-order valence-corrected chi connectivity index (χ0v) is 17.5. The number of benzene rings is 2. The van der Waals surface area contributed by atoms with E-state index in [0.29, 0.717) is 30.4 Å². The fraction of sp³-hybridized carbons (Fsp3) is 0.304. The van der Waals surface area contributed by atoms with Crippen LogP contribution in [0.15, 0.2) is 48.8 Å². The predicted octanol–water partition coefficient (Wildman–Crippen LogP) is 4.66. The summed E-state index contributed by atoms with van der Waals surface area (Å²) in [5, 5.41) is 4.14. The van der Waals surface area contributed by atoms with E-state index < -0.39 is 11.7 Å². The first-order valence-corrected chi connectivity index (χ1v) is 10.4. The van der Waals surface area contributed by atoms with Gasteiger partial charge in [0.25, 0.3) is 0 Å². The SMILES string of the molecule is Cc1c(CNc2nc3nccn3c3ccc(N4CCOCC4)cc23)cccc1C(F)(F)F. The summed E-state index contributed by atoms with van der Waals surface area (Å²) >= 11 is 0. The molecule has 1 fully saturated rings. The van der Waals surface area contributed by atoms with Crippen LogP contribution in [0.3, 0.4) is 0 Å². The quantitative estimate of drug-likeness (QED) is 0.499. The van der Waals surface area contributed by atoms with Gasteiger partial charge in [-0.25, -0.2) is 4.98 Å². The van der Waals surface area contributed by atoms with Gasteiger partial charge in [0.05, 0.1) is 24.3 Å². The van der Waals surface area contributed by atoms with Crippen molar-refractivity contribution in [1.82, 2.24) is 14.4 Å². The number of rotatable bonds is 4. The lowest BCUT2D eigenvalue weighted by atomic mass is 10.0. The average Bonchev–Trinajstić information content (AvgIpc) is 3.26.